The number of rotatable bonds is 11. The summed E-state index contributed by atoms with van der Waals surface area (Å²) in [5.41, 5.74) is 3.56. The Hall–Kier alpha value is -4.65. The van der Waals surface area contributed by atoms with Gasteiger partial charge in [-0.2, -0.15) is 0 Å². The third-order valence-corrected chi connectivity index (χ3v) is 5.32. The van der Waals surface area contributed by atoms with Crippen LogP contribution in [0.15, 0.2) is 101 Å². The standard InChI is InChI=1S/C30H28N2O5/c1-3-34-30(33)27(19-16-23-10-6-4-7-11-23)32-36-20-24-14-17-26(18-15-24)35-21-28-22(2)37-29(31-28)25-12-8-5-9-13-25/h4-19H,3,20-21H2,1-2H3. The Labute approximate surface area is 216 Å². The van der Waals surface area contributed by atoms with Crippen LogP contribution in [0.4, 0.5) is 0 Å². The first-order valence-corrected chi connectivity index (χ1v) is 12.0. The van der Waals surface area contributed by atoms with Crippen LogP contribution in [0.5, 0.6) is 5.75 Å². The summed E-state index contributed by atoms with van der Waals surface area (Å²) in [4.78, 5) is 22.2. The number of carbonyl (C=O) groups is 1. The van der Waals surface area contributed by atoms with Gasteiger partial charge < -0.3 is 18.7 Å². The normalized spacial score (nSPS) is 11.5. The summed E-state index contributed by atoms with van der Waals surface area (Å²) in [5, 5.41) is 3.99. The summed E-state index contributed by atoms with van der Waals surface area (Å²) in [7, 11) is 0. The molecule has 1 aromatic heterocycles. The lowest BCUT2D eigenvalue weighted by Gasteiger charge is -2.06. The van der Waals surface area contributed by atoms with E-state index in [9.17, 15) is 4.79 Å². The smallest absolute Gasteiger partial charge is 0.360 e. The van der Waals surface area contributed by atoms with E-state index in [4.69, 9.17) is 18.7 Å². The highest BCUT2D eigenvalue weighted by molar-refractivity contribution is 6.41. The van der Waals surface area contributed by atoms with Crippen molar-refractivity contribution in [2.24, 2.45) is 5.16 Å². The molecule has 7 nitrogen and oxygen atoms in total. The Morgan fingerprint density at radius 1 is 0.946 bits per heavy atom. The molecule has 37 heavy (non-hydrogen) atoms. The fraction of sp³-hybridized carbons (Fsp3) is 0.167. The van der Waals surface area contributed by atoms with Crippen LogP contribution in [0.1, 0.15) is 29.5 Å². The van der Waals surface area contributed by atoms with Crippen molar-refractivity contribution in [2.75, 3.05) is 6.61 Å². The fourth-order valence-corrected chi connectivity index (χ4v) is 3.36. The van der Waals surface area contributed by atoms with Crippen molar-refractivity contribution < 1.29 is 23.5 Å². The van der Waals surface area contributed by atoms with E-state index in [0.29, 0.717) is 18.2 Å². The maximum absolute atomic E-state index is 12.2. The van der Waals surface area contributed by atoms with Crippen molar-refractivity contribution in [2.45, 2.75) is 27.1 Å². The highest BCUT2D eigenvalue weighted by atomic mass is 16.6. The highest BCUT2D eigenvalue weighted by Crippen LogP contribution is 2.23. The van der Waals surface area contributed by atoms with Gasteiger partial charge in [-0.05, 0) is 55.3 Å². The summed E-state index contributed by atoms with van der Waals surface area (Å²) in [6.45, 7) is 4.34. The molecule has 1 heterocycles. The molecule has 3 aromatic carbocycles. The minimum atomic E-state index is -0.544. The molecule has 0 unspecified atom stereocenters. The van der Waals surface area contributed by atoms with Crippen molar-refractivity contribution in [1.82, 2.24) is 4.98 Å². The van der Waals surface area contributed by atoms with Gasteiger partial charge in [0.1, 0.15) is 30.4 Å². The predicted octanol–water partition coefficient (Wildman–Crippen LogP) is 6.38. The van der Waals surface area contributed by atoms with Gasteiger partial charge in [-0.25, -0.2) is 9.78 Å². The number of esters is 1. The molecule has 0 saturated carbocycles. The van der Waals surface area contributed by atoms with E-state index >= 15 is 0 Å². The molecule has 0 fully saturated rings. The van der Waals surface area contributed by atoms with Crippen molar-refractivity contribution >= 4 is 17.8 Å². The van der Waals surface area contributed by atoms with Gasteiger partial charge >= 0.3 is 5.97 Å². The largest absolute Gasteiger partial charge is 0.487 e. The summed E-state index contributed by atoms with van der Waals surface area (Å²) >= 11 is 0. The van der Waals surface area contributed by atoms with Crippen molar-refractivity contribution in [3.63, 3.8) is 0 Å². The quantitative estimate of drug-likeness (QED) is 0.136. The number of hydrogen-bond acceptors (Lipinski definition) is 7. The molecule has 0 spiro atoms. The zero-order valence-corrected chi connectivity index (χ0v) is 20.8. The summed E-state index contributed by atoms with van der Waals surface area (Å²) < 4.78 is 16.8. The van der Waals surface area contributed by atoms with E-state index in [2.05, 4.69) is 10.1 Å². The number of nitrogens with zero attached hydrogens (tertiary/aromatic N) is 2. The van der Waals surface area contributed by atoms with Crippen LogP contribution in [0.2, 0.25) is 0 Å². The topological polar surface area (TPSA) is 83.2 Å². The van der Waals surface area contributed by atoms with Crippen molar-refractivity contribution in [3.8, 4) is 17.2 Å². The Balaban J connectivity index is 1.33. The summed E-state index contributed by atoms with van der Waals surface area (Å²) in [6.07, 6.45) is 3.37. The zero-order valence-electron chi connectivity index (χ0n) is 20.8. The van der Waals surface area contributed by atoms with Gasteiger partial charge in [-0.15, -0.1) is 0 Å². The van der Waals surface area contributed by atoms with Gasteiger partial charge in [0.2, 0.25) is 5.89 Å². The molecule has 0 aliphatic carbocycles. The fourth-order valence-electron chi connectivity index (χ4n) is 3.36. The van der Waals surface area contributed by atoms with E-state index in [1.807, 2.05) is 91.9 Å². The van der Waals surface area contributed by atoms with Gasteiger partial charge in [0, 0.05) is 5.56 Å². The van der Waals surface area contributed by atoms with Crippen LogP contribution in [0.25, 0.3) is 17.5 Å². The molecule has 0 radical (unpaired) electrons. The van der Waals surface area contributed by atoms with Crippen molar-refractivity contribution in [1.29, 1.82) is 0 Å². The average Bonchev–Trinajstić information content (AvgIpc) is 3.31. The number of ether oxygens (including phenoxy) is 2. The van der Waals surface area contributed by atoms with Crippen molar-refractivity contribution in [3.05, 3.63) is 114 Å². The van der Waals surface area contributed by atoms with Crippen LogP contribution in [0, 0.1) is 6.92 Å². The lowest BCUT2D eigenvalue weighted by molar-refractivity contribution is -0.135. The molecule has 7 heteroatoms. The van der Waals surface area contributed by atoms with E-state index < -0.39 is 5.97 Å². The monoisotopic (exact) mass is 496 g/mol. The molecule has 4 aromatic rings. The van der Waals surface area contributed by atoms with Crippen LogP contribution in [0.3, 0.4) is 0 Å². The summed E-state index contributed by atoms with van der Waals surface area (Å²) in [5.74, 6) is 1.44. The first kappa shape index (κ1) is 25.4. The zero-order chi connectivity index (χ0) is 25.9. The third kappa shape index (κ3) is 7.41. The molecular formula is C30H28N2O5. The minimum Gasteiger partial charge on any atom is -0.487 e. The molecule has 0 aliphatic heterocycles. The van der Waals surface area contributed by atoms with Crippen LogP contribution in [-0.4, -0.2) is 23.3 Å². The highest BCUT2D eigenvalue weighted by Gasteiger charge is 2.12. The molecule has 0 atom stereocenters. The first-order valence-electron chi connectivity index (χ1n) is 12.0. The van der Waals surface area contributed by atoms with E-state index in [0.717, 1.165) is 28.1 Å². The van der Waals surface area contributed by atoms with Crippen LogP contribution in [-0.2, 0) is 27.6 Å². The molecule has 0 N–H and O–H groups in total. The molecular weight excluding hydrogens is 468 g/mol. The average molecular weight is 497 g/mol. The van der Waals surface area contributed by atoms with Crippen LogP contribution < -0.4 is 4.74 Å². The third-order valence-electron chi connectivity index (χ3n) is 5.32. The Bertz CT molecular complexity index is 1340. The predicted molar refractivity (Wildman–Crippen MR) is 142 cm³/mol. The van der Waals surface area contributed by atoms with Gasteiger partial charge in [0.15, 0.2) is 5.71 Å². The molecule has 4 rings (SSSR count). The molecule has 0 bridgehead atoms. The Kier molecular flexibility index (Phi) is 8.86. The minimum absolute atomic E-state index is 0.0866. The second kappa shape index (κ2) is 12.9. The Morgan fingerprint density at radius 3 is 2.35 bits per heavy atom. The molecule has 0 amide bonds. The maximum Gasteiger partial charge on any atom is 0.360 e. The number of carbonyl (C=O) groups excluding carboxylic acids is 1. The molecule has 0 saturated heterocycles. The lowest BCUT2D eigenvalue weighted by atomic mass is 10.2. The number of aryl methyl sites for hydroxylation is 1. The maximum atomic E-state index is 12.2. The first-order chi connectivity index (χ1) is 18.1. The number of benzene rings is 3. The van der Waals surface area contributed by atoms with E-state index in [-0.39, 0.29) is 18.9 Å². The molecule has 188 valence electrons. The van der Waals surface area contributed by atoms with Gasteiger partial charge in [-0.3, -0.25) is 0 Å². The van der Waals surface area contributed by atoms with Gasteiger partial charge in [0.25, 0.3) is 0 Å². The van der Waals surface area contributed by atoms with Gasteiger partial charge in [-0.1, -0.05) is 71.9 Å². The Morgan fingerprint density at radius 2 is 1.65 bits per heavy atom. The number of aromatic nitrogens is 1. The van der Waals surface area contributed by atoms with Gasteiger partial charge in [0.05, 0.1) is 6.61 Å². The lowest BCUT2D eigenvalue weighted by Crippen LogP contribution is -2.15. The second-order valence-corrected chi connectivity index (χ2v) is 8.04. The van der Waals surface area contributed by atoms with Crippen LogP contribution >= 0.6 is 0 Å². The second-order valence-electron chi connectivity index (χ2n) is 8.04. The van der Waals surface area contributed by atoms with E-state index in [1.54, 1.807) is 19.1 Å². The number of hydrogen-bond donors (Lipinski definition) is 0. The summed E-state index contributed by atoms with van der Waals surface area (Å²) in [6, 6.07) is 26.8. The molecule has 0 aliphatic rings. The van der Waals surface area contributed by atoms with E-state index in [1.165, 1.54) is 0 Å². The number of oxime groups is 1. The SMILES string of the molecule is CCOC(=O)C(C=Cc1ccccc1)=NOCc1ccc(OCc2nc(-c3ccccc3)oc2C)cc1. The number of oxazole rings is 1.